The van der Waals surface area contributed by atoms with Gasteiger partial charge in [0.1, 0.15) is 0 Å². The Hall–Kier alpha value is -1.90. The number of nitrogens with zero attached hydrogens (tertiary/aromatic N) is 2. The normalized spacial score (nSPS) is 14.9. The summed E-state index contributed by atoms with van der Waals surface area (Å²) >= 11 is 0. The van der Waals surface area contributed by atoms with Crippen LogP contribution in [0, 0.1) is 13.8 Å². The molecule has 0 aromatic heterocycles. The van der Waals surface area contributed by atoms with Crippen LogP contribution >= 0.6 is 0 Å². The molecule has 3 heteroatoms. The average molecular weight is 299 g/mol. The number of hydrogen-bond donors (Lipinski definition) is 1. The highest BCUT2D eigenvalue weighted by Gasteiger charge is 2.20. The van der Waals surface area contributed by atoms with Crippen molar-refractivity contribution < 1.29 is 0 Å². The van der Waals surface area contributed by atoms with Crippen molar-refractivity contribution in [2.24, 2.45) is 0 Å². The Morgan fingerprint density at radius 3 is 2.32 bits per heavy atom. The third-order valence-corrected chi connectivity index (χ3v) is 4.31. The first kappa shape index (κ1) is 16.5. The second kappa shape index (κ2) is 7.39. The first-order valence-corrected chi connectivity index (χ1v) is 8.22. The summed E-state index contributed by atoms with van der Waals surface area (Å²) in [5.74, 6) is 1.05. The largest absolute Gasteiger partial charge is 0.372 e. The van der Waals surface area contributed by atoms with Crippen LogP contribution in [0.4, 0.5) is 0 Å². The van der Waals surface area contributed by atoms with E-state index < -0.39 is 0 Å². The van der Waals surface area contributed by atoms with Crippen LogP contribution in [-0.4, -0.2) is 42.5 Å². The van der Waals surface area contributed by atoms with Gasteiger partial charge < -0.3 is 15.1 Å². The SMILES string of the molecule is C=C(NCCC)N1CCN(C(=C)c2ccc(C)cc2C)CC1. The molecule has 1 aromatic rings. The van der Waals surface area contributed by atoms with E-state index in [1.165, 1.54) is 16.7 Å². The van der Waals surface area contributed by atoms with Crippen LogP contribution in [0.3, 0.4) is 0 Å². The van der Waals surface area contributed by atoms with Gasteiger partial charge in [0.15, 0.2) is 0 Å². The van der Waals surface area contributed by atoms with Gasteiger partial charge >= 0.3 is 0 Å². The molecule has 1 saturated heterocycles. The van der Waals surface area contributed by atoms with E-state index in [1.54, 1.807) is 0 Å². The third kappa shape index (κ3) is 3.85. The molecule has 120 valence electrons. The summed E-state index contributed by atoms with van der Waals surface area (Å²) in [5, 5.41) is 3.38. The predicted octanol–water partition coefficient (Wildman–Crippen LogP) is 3.36. The Balaban J connectivity index is 1.93. The summed E-state index contributed by atoms with van der Waals surface area (Å²) in [7, 11) is 0. The van der Waals surface area contributed by atoms with E-state index in [9.17, 15) is 0 Å². The van der Waals surface area contributed by atoms with Crippen molar-refractivity contribution in [2.75, 3.05) is 32.7 Å². The summed E-state index contributed by atoms with van der Waals surface area (Å²) in [5.41, 5.74) is 5.02. The van der Waals surface area contributed by atoms with Gasteiger partial charge in [-0.1, -0.05) is 43.8 Å². The Morgan fingerprint density at radius 1 is 1.09 bits per heavy atom. The fourth-order valence-corrected chi connectivity index (χ4v) is 2.94. The Morgan fingerprint density at radius 2 is 1.73 bits per heavy atom. The molecular weight excluding hydrogens is 270 g/mol. The topological polar surface area (TPSA) is 18.5 Å². The minimum absolute atomic E-state index is 0.994. The fraction of sp³-hybridized carbons (Fsp3) is 0.474. The van der Waals surface area contributed by atoms with Gasteiger partial charge in [-0.3, -0.25) is 0 Å². The number of piperazine rings is 1. The van der Waals surface area contributed by atoms with E-state index in [4.69, 9.17) is 0 Å². The lowest BCUT2D eigenvalue weighted by Gasteiger charge is -2.39. The zero-order valence-corrected chi connectivity index (χ0v) is 14.3. The van der Waals surface area contributed by atoms with Crippen LogP contribution in [0.15, 0.2) is 37.2 Å². The first-order valence-electron chi connectivity index (χ1n) is 8.22. The minimum atomic E-state index is 0.994. The molecule has 0 spiro atoms. The smallest absolute Gasteiger partial charge is 0.0939 e. The maximum absolute atomic E-state index is 4.33. The Bertz CT molecular complexity index is 540. The van der Waals surface area contributed by atoms with Crippen LogP contribution in [0.25, 0.3) is 5.70 Å². The second-order valence-electron chi connectivity index (χ2n) is 6.11. The number of rotatable bonds is 6. The molecule has 1 fully saturated rings. The lowest BCUT2D eigenvalue weighted by molar-refractivity contribution is 0.204. The summed E-state index contributed by atoms with van der Waals surface area (Å²) < 4.78 is 0. The van der Waals surface area contributed by atoms with Gasteiger partial charge in [0.2, 0.25) is 0 Å². The Labute approximate surface area is 135 Å². The van der Waals surface area contributed by atoms with Crippen molar-refractivity contribution in [1.82, 2.24) is 15.1 Å². The minimum Gasteiger partial charge on any atom is -0.372 e. The molecule has 1 N–H and O–H groups in total. The zero-order chi connectivity index (χ0) is 16.1. The molecule has 0 saturated carbocycles. The first-order chi connectivity index (χ1) is 10.5. The summed E-state index contributed by atoms with van der Waals surface area (Å²) in [4.78, 5) is 4.72. The van der Waals surface area contributed by atoms with E-state index in [0.29, 0.717) is 0 Å². The summed E-state index contributed by atoms with van der Waals surface area (Å²) in [6.45, 7) is 19.9. The molecule has 1 aromatic carbocycles. The van der Waals surface area contributed by atoms with Crippen molar-refractivity contribution in [3.05, 3.63) is 53.9 Å². The highest BCUT2D eigenvalue weighted by Crippen LogP contribution is 2.23. The van der Waals surface area contributed by atoms with Crippen molar-refractivity contribution >= 4 is 5.70 Å². The predicted molar refractivity (Wildman–Crippen MR) is 95.5 cm³/mol. The molecule has 0 radical (unpaired) electrons. The monoisotopic (exact) mass is 299 g/mol. The van der Waals surface area contributed by atoms with E-state index in [0.717, 1.165) is 50.7 Å². The highest BCUT2D eigenvalue weighted by atomic mass is 15.3. The molecule has 22 heavy (non-hydrogen) atoms. The summed E-state index contributed by atoms with van der Waals surface area (Å²) in [6.07, 6.45) is 1.13. The molecular formula is C19H29N3. The summed E-state index contributed by atoms with van der Waals surface area (Å²) in [6, 6.07) is 6.59. The van der Waals surface area contributed by atoms with Gasteiger partial charge in [-0.15, -0.1) is 0 Å². The highest BCUT2D eigenvalue weighted by molar-refractivity contribution is 5.65. The fourth-order valence-electron chi connectivity index (χ4n) is 2.94. The quantitative estimate of drug-likeness (QED) is 0.869. The molecule has 2 rings (SSSR count). The van der Waals surface area contributed by atoms with E-state index in [1.807, 2.05) is 0 Å². The van der Waals surface area contributed by atoms with Gasteiger partial charge in [0, 0.05) is 44.0 Å². The maximum Gasteiger partial charge on any atom is 0.0939 e. The van der Waals surface area contributed by atoms with Crippen LogP contribution in [-0.2, 0) is 0 Å². The molecule has 0 atom stereocenters. The van der Waals surface area contributed by atoms with Crippen LogP contribution < -0.4 is 5.32 Å². The lowest BCUT2D eigenvalue weighted by Crippen LogP contribution is -2.46. The lowest BCUT2D eigenvalue weighted by atomic mass is 10.0. The molecule has 1 aliphatic heterocycles. The van der Waals surface area contributed by atoms with Crippen LogP contribution in [0.1, 0.15) is 30.0 Å². The molecule has 1 heterocycles. The molecule has 0 unspecified atom stereocenters. The second-order valence-corrected chi connectivity index (χ2v) is 6.11. The van der Waals surface area contributed by atoms with E-state index >= 15 is 0 Å². The van der Waals surface area contributed by atoms with Crippen LogP contribution in [0.5, 0.6) is 0 Å². The van der Waals surface area contributed by atoms with Crippen molar-refractivity contribution in [1.29, 1.82) is 0 Å². The number of nitrogens with one attached hydrogen (secondary N) is 1. The van der Waals surface area contributed by atoms with Crippen LogP contribution in [0.2, 0.25) is 0 Å². The molecule has 0 bridgehead atoms. The molecule has 0 aliphatic carbocycles. The number of benzene rings is 1. The average Bonchev–Trinajstić information content (AvgIpc) is 2.52. The van der Waals surface area contributed by atoms with Gasteiger partial charge in [0.05, 0.1) is 5.82 Å². The van der Waals surface area contributed by atoms with Crippen molar-refractivity contribution in [2.45, 2.75) is 27.2 Å². The number of aryl methyl sites for hydroxylation is 2. The molecule has 0 amide bonds. The third-order valence-electron chi connectivity index (χ3n) is 4.31. The molecule has 1 aliphatic rings. The number of hydrogen-bond acceptors (Lipinski definition) is 3. The van der Waals surface area contributed by atoms with E-state index in [2.05, 4.69) is 67.2 Å². The van der Waals surface area contributed by atoms with E-state index in [-0.39, 0.29) is 0 Å². The Kier molecular flexibility index (Phi) is 5.53. The van der Waals surface area contributed by atoms with Gasteiger partial charge in [-0.05, 0) is 25.8 Å². The molecule has 3 nitrogen and oxygen atoms in total. The standard InChI is InChI=1S/C19H29N3/c1-6-9-20-18(5)22-12-10-21(11-13-22)17(4)19-8-7-15(2)14-16(19)3/h7-8,14,20H,4-6,9-13H2,1-3H3. The van der Waals surface area contributed by atoms with Crippen molar-refractivity contribution in [3.8, 4) is 0 Å². The van der Waals surface area contributed by atoms with Gasteiger partial charge in [-0.25, -0.2) is 0 Å². The zero-order valence-electron chi connectivity index (χ0n) is 14.3. The van der Waals surface area contributed by atoms with Gasteiger partial charge in [0.25, 0.3) is 0 Å². The van der Waals surface area contributed by atoms with Crippen molar-refractivity contribution in [3.63, 3.8) is 0 Å². The maximum atomic E-state index is 4.33. The van der Waals surface area contributed by atoms with Gasteiger partial charge in [-0.2, -0.15) is 0 Å².